The lowest BCUT2D eigenvalue weighted by Crippen LogP contribution is -2.55. The van der Waals surface area contributed by atoms with Crippen molar-refractivity contribution in [3.63, 3.8) is 0 Å². The highest BCUT2D eigenvalue weighted by Gasteiger charge is 2.46. The third kappa shape index (κ3) is 6.17. The Labute approximate surface area is 237 Å². The van der Waals surface area contributed by atoms with E-state index in [1.807, 2.05) is 66.1 Å². The summed E-state index contributed by atoms with van der Waals surface area (Å²) in [6.45, 7) is 7.66. The number of fused-ring (bicyclic) bond motifs is 1. The number of likely N-dealkylation sites (tertiary alicyclic amines) is 1. The number of carbonyl (C=O) groups is 3. The van der Waals surface area contributed by atoms with Crippen molar-refractivity contribution < 1.29 is 14.4 Å². The number of hydrogen-bond acceptors (Lipinski definition) is 4. The minimum atomic E-state index is -0.602. The molecule has 0 radical (unpaired) electrons. The van der Waals surface area contributed by atoms with E-state index in [2.05, 4.69) is 28.1 Å². The summed E-state index contributed by atoms with van der Waals surface area (Å²) in [5.74, 6) is 0.503. The van der Waals surface area contributed by atoms with Gasteiger partial charge in [0.25, 0.3) is 0 Å². The number of para-hydroxylation sites is 1. The van der Waals surface area contributed by atoms with Crippen LogP contribution in [0.25, 0.3) is 0 Å². The van der Waals surface area contributed by atoms with E-state index in [1.54, 1.807) is 0 Å². The molecule has 214 valence electrons. The van der Waals surface area contributed by atoms with Gasteiger partial charge in [0.2, 0.25) is 11.8 Å². The van der Waals surface area contributed by atoms with Gasteiger partial charge in [-0.3, -0.25) is 9.59 Å². The number of hydrogen-bond donors (Lipinski definition) is 3. The zero-order chi connectivity index (χ0) is 28.1. The van der Waals surface area contributed by atoms with Gasteiger partial charge in [-0.25, -0.2) is 4.79 Å². The maximum absolute atomic E-state index is 13.7. The summed E-state index contributed by atoms with van der Waals surface area (Å²) in [5.41, 5.74) is 2.66. The zero-order valence-electron chi connectivity index (χ0n) is 23.8. The molecular weight excluding hydrogens is 502 g/mol. The molecule has 0 bridgehead atoms. The van der Waals surface area contributed by atoms with E-state index >= 15 is 0 Å². The van der Waals surface area contributed by atoms with Gasteiger partial charge in [-0.2, -0.15) is 0 Å². The molecule has 8 heteroatoms. The molecule has 0 unspecified atom stereocenters. The molecule has 4 amide bonds. The summed E-state index contributed by atoms with van der Waals surface area (Å²) >= 11 is 0. The minimum absolute atomic E-state index is 0.0441. The van der Waals surface area contributed by atoms with Crippen LogP contribution in [0, 0.1) is 5.92 Å². The fourth-order valence-corrected chi connectivity index (χ4v) is 6.42. The number of piperidine rings is 2. The molecule has 0 saturated carbocycles. The van der Waals surface area contributed by atoms with E-state index in [0.29, 0.717) is 51.2 Å². The largest absolute Gasteiger partial charge is 0.341 e. The van der Waals surface area contributed by atoms with Crippen molar-refractivity contribution >= 4 is 23.5 Å². The quantitative estimate of drug-likeness (QED) is 0.473. The average molecular weight is 546 g/mol. The second-order valence-corrected chi connectivity index (χ2v) is 12.0. The second-order valence-electron chi connectivity index (χ2n) is 12.0. The highest BCUT2D eigenvalue weighted by atomic mass is 16.2. The smallest absolute Gasteiger partial charge is 0.315 e. The Morgan fingerprint density at radius 1 is 1.02 bits per heavy atom. The summed E-state index contributed by atoms with van der Waals surface area (Å²) in [4.78, 5) is 43.9. The highest BCUT2D eigenvalue weighted by molar-refractivity contribution is 6.08. The van der Waals surface area contributed by atoms with Gasteiger partial charge in [0.1, 0.15) is 6.04 Å². The van der Waals surface area contributed by atoms with Crippen LogP contribution in [-0.4, -0.2) is 67.6 Å². The molecule has 2 aromatic carbocycles. The molecule has 0 spiro atoms. The Hall–Kier alpha value is -3.39. The second kappa shape index (κ2) is 12.4. The maximum atomic E-state index is 13.7. The first-order valence-electron chi connectivity index (χ1n) is 14.9. The summed E-state index contributed by atoms with van der Waals surface area (Å²) in [6, 6.07) is 17.3. The van der Waals surface area contributed by atoms with Crippen LogP contribution in [0.15, 0.2) is 54.6 Å². The van der Waals surface area contributed by atoms with Gasteiger partial charge in [0, 0.05) is 31.4 Å². The molecule has 2 saturated heterocycles. The minimum Gasteiger partial charge on any atom is -0.341 e. The van der Waals surface area contributed by atoms with Gasteiger partial charge in [-0.05, 0) is 88.6 Å². The van der Waals surface area contributed by atoms with Crippen LogP contribution in [-0.2, 0) is 21.4 Å². The third-order valence-electron chi connectivity index (χ3n) is 8.85. The van der Waals surface area contributed by atoms with Crippen molar-refractivity contribution in [2.75, 3.05) is 37.6 Å². The molecule has 0 aliphatic carbocycles. The van der Waals surface area contributed by atoms with Crippen molar-refractivity contribution in [3.8, 4) is 0 Å². The summed E-state index contributed by atoms with van der Waals surface area (Å²) in [6.07, 6.45) is 4.89. The van der Waals surface area contributed by atoms with Crippen molar-refractivity contribution in [1.82, 2.24) is 20.9 Å². The van der Waals surface area contributed by atoms with Crippen molar-refractivity contribution in [1.29, 1.82) is 0 Å². The van der Waals surface area contributed by atoms with E-state index in [4.69, 9.17) is 0 Å². The summed E-state index contributed by atoms with van der Waals surface area (Å²) in [7, 11) is 0. The van der Waals surface area contributed by atoms with Crippen LogP contribution in [0.4, 0.5) is 10.5 Å². The van der Waals surface area contributed by atoms with Gasteiger partial charge in [-0.15, -0.1) is 0 Å². The van der Waals surface area contributed by atoms with Gasteiger partial charge in [0.05, 0.1) is 5.41 Å². The van der Waals surface area contributed by atoms with E-state index in [1.165, 1.54) is 0 Å². The average Bonchev–Trinajstić information content (AvgIpc) is 3.19. The SMILES string of the molecule is CC1(C)C(=O)N(C2CCN(C(=O)[C@H](CCc3ccccc3)NC(=O)NC[C@@H]3CCCNC3)CC2)c2ccccc21. The monoisotopic (exact) mass is 545 g/mol. The fourth-order valence-electron chi connectivity index (χ4n) is 6.42. The standard InChI is InChI=1S/C32H43N5O3/c1-32(2)26-12-6-7-13-28(26)37(30(32)39)25-16-19-36(20-17-25)29(38)27(15-14-23-9-4-3-5-10-23)35-31(40)34-22-24-11-8-18-33-21-24/h3-7,9-10,12-13,24-25,27,33H,8,11,14-22H2,1-2H3,(H2,34,35,40)/t24-,27+/m1/s1. The van der Waals surface area contributed by atoms with Crippen LogP contribution in [0.1, 0.15) is 57.1 Å². The van der Waals surface area contributed by atoms with Crippen LogP contribution in [0.2, 0.25) is 0 Å². The van der Waals surface area contributed by atoms with Crippen LogP contribution >= 0.6 is 0 Å². The van der Waals surface area contributed by atoms with E-state index < -0.39 is 11.5 Å². The first-order valence-corrected chi connectivity index (χ1v) is 14.9. The predicted molar refractivity (Wildman–Crippen MR) is 157 cm³/mol. The van der Waals surface area contributed by atoms with Crippen molar-refractivity contribution in [2.24, 2.45) is 5.92 Å². The number of nitrogens with one attached hydrogen (secondary N) is 3. The lowest BCUT2D eigenvalue weighted by Gasteiger charge is -2.38. The Morgan fingerprint density at radius 3 is 2.48 bits per heavy atom. The molecular formula is C32H43N5O3. The zero-order valence-corrected chi connectivity index (χ0v) is 23.8. The summed E-state index contributed by atoms with van der Waals surface area (Å²) < 4.78 is 0. The Morgan fingerprint density at radius 2 is 1.75 bits per heavy atom. The number of aryl methyl sites for hydroxylation is 1. The number of urea groups is 1. The lowest BCUT2D eigenvalue weighted by molar-refractivity contribution is -0.134. The normalized spacial score (nSPS) is 21.6. The number of amides is 4. The molecule has 5 rings (SSSR count). The highest BCUT2D eigenvalue weighted by Crippen LogP contribution is 2.43. The maximum Gasteiger partial charge on any atom is 0.315 e. The number of anilines is 1. The van der Waals surface area contributed by atoms with Gasteiger partial charge in [0.15, 0.2) is 0 Å². The molecule has 3 aliphatic rings. The van der Waals surface area contributed by atoms with Gasteiger partial charge in [-0.1, -0.05) is 48.5 Å². The molecule has 3 aliphatic heterocycles. The Kier molecular flexibility index (Phi) is 8.74. The molecule has 8 nitrogen and oxygen atoms in total. The molecule has 2 atom stereocenters. The first-order chi connectivity index (χ1) is 19.3. The Balaban J connectivity index is 1.21. The van der Waals surface area contributed by atoms with E-state index in [0.717, 1.165) is 42.7 Å². The molecule has 3 heterocycles. The number of benzene rings is 2. The van der Waals surface area contributed by atoms with E-state index in [-0.39, 0.29) is 23.9 Å². The van der Waals surface area contributed by atoms with Crippen LogP contribution < -0.4 is 20.9 Å². The van der Waals surface area contributed by atoms with Gasteiger partial charge < -0.3 is 25.8 Å². The topological polar surface area (TPSA) is 93.8 Å². The Bertz CT molecular complexity index is 1190. The van der Waals surface area contributed by atoms with Crippen molar-refractivity contribution in [2.45, 2.75) is 69.9 Å². The van der Waals surface area contributed by atoms with Gasteiger partial charge >= 0.3 is 6.03 Å². The lowest BCUT2D eigenvalue weighted by atomic mass is 9.86. The van der Waals surface area contributed by atoms with E-state index in [9.17, 15) is 14.4 Å². The predicted octanol–water partition coefficient (Wildman–Crippen LogP) is 3.60. The molecule has 2 aromatic rings. The molecule has 0 aromatic heterocycles. The van der Waals surface area contributed by atoms with Crippen LogP contribution in [0.3, 0.4) is 0 Å². The molecule has 40 heavy (non-hydrogen) atoms. The van der Waals surface area contributed by atoms with Crippen LogP contribution in [0.5, 0.6) is 0 Å². The summed E-state index contributed by atoms with van der Waals surface area (Å²) in [5, 5.41) is 9.37. The number of rotatable bonds is 8. The van der Waals surface area contributed by atoms with Crippen molar-refractivity contribution in [3.05, 3.63) is 65.7 Å². The number of carbonyl (C=O) groups excluding carboxylic acids is 3. The molecule has 2 fully saturated rings. The third-order valence-corrected chi connectivity index (χ3v) is 8.85. The fraction of sp³-hybridized carbons (Fsp3) is 0.531. The number of nitrogens with zero attached hydrogens (tertiary/aromatic N) is 2. The first kappa shape index (κ1) is 28.1. The molecule has 3 N–H and O–H groups in total.